The number of para-hydroxylation sites is 1. The minimum atomic E-state index is -0.214. The molecule has 9 heterocycles. The fourth-order valence-corrected chi connectivity index (χ4v) is 17.2. The number of nitrogens with zero attached hydrogens (tertiary/aromatic N) is 4. The van der Waals surface area contributed by atoms with Gasteiger partial charge >= 0.3 is 5.97 Å². The lowest BCUT2D eigenvalue weighted by molar-refractivity contribution is -0.134. The molecule has 0 unspecified atom stereocenters. The molecule has 2 amide bonds. The topological polar surface area (TPSA) is 250 Å². The smallest absolute Gasteiger partial charge is 0.311 e. The number of fused-ring (bicyclic) bond motifs is 7. The molecule has 135 heavy (non-hydrogen) atoms. The van der Waals surface area contributed by atoms with Crippen molar-refractivity contribution in [2.24, 2.45) is 0 Å². The fourth-order valence-electron chi connectivity index (χ4n) is 16.9. The van der Waals surface area contributed by atoms with Gasteiger partial charge < -0.3 is 74.0 Å². The highest BCUT2D eigenvalue weighted by Crippen LogP contribution is 2.34. The minimum absolute atomic E-state index is 0.0251. The number of benzene rings is 5. The van der Waals surface area contributed by atoms with E-state index in [9.17, 15) is 14.4 Å². The van der Waals surface area contributed by atoms with Crippen molar-refractivity contribution < 1.29 is 38.1 Å². The average Bonchev–Trinajstić information content (AvgIpc) is 1.63. The monoisotopic (exact) mass is 1900 g/mol. The first kappa shape index (κ1) is 108. The summed E-state index contributed by atoms with van der Waals surface area (Å²) in [5.41, 5.74) is 18.8. The van der Waals surface area contributed by atoms with Gasteiger partial charge in [0.15, 0.2) is 0 Å². The number of halogens is 1. The van der Waals surface area contributed by atoms with Crippen molar-refractivity contribution in [2.45, 2.75) is 299 Å². The molecular weight excluding hydrogens is 1750 g/mol. The number of hydrogen-bond acceptors (Lipinski definition) is 11. The van der Waals surface area contributed by atoms with Gasteiger partial charge in [0.1, 0.15) is 17.2 Å². The summed E-state index contributed by atoms with van der Waals surface area (Å²) in [5, 5.41) is 12.4. The zero-order chi connectivity index (χ0) is 95.7. The van der Waals surface area contributed by atoms with E-state index in [4.69, 9.17) is 35.2 Å². The van der Waals surface area contributed by atoms with Gasteiger partial charge in [0.25, 0.3) is 5.91 Å². The Morgan fingerprint density at radius 3 is 1.30 bits per heavy atom. The van der Waals surface area contributed by atoms with Crippen LogP contribution in [0.3, 0.4) is 0 Å². The Hall–Kier alpha value is -11.1. The number of hydrogen-bond donors (Lipinski definition) is 8. The Bertz CT molecular complexity index is 5570. The number of rotatable bonds is 56. The maximum Gasteiger partial charge on any atom is 0.311 e. The lowest BCUT2D eigenvalue weighted by Gasteiger charge is -2.17. The summed E-state index contributed by atoms with van der Waals surface area (Å²) in [7, 11) is 0. The van der Waals surface area contributed by atoms with Gasteiger partial charge in [-0.3, -0.25) is 14.4 Å². The third kappa shape index (κ3) is 36.8. The Morgan fingerprint density at radius 1 is 0.400 bits per heavy atom. The van der Waals surface area contributed by atoms with Gasteiger partial charge in [0.05, 0.1) is 48.5 Å². The molecule has 0 saturated carbocycles. The number of pyridine rings is 2. The summed E-state index contributed by atoms with van der Waals surface area (Å²) in [4.78, 5) is 69.8. The molecule has 728 valence electrons. The summed E-state index contributed by atoms with van der Waals surface area (Å²) in [6, 6.07) is 42.3. The van der Waals surface area contributed by atoms with Gasteiger partial charge in [-0.1, -0.05) is 243 Å². The molecule has 0 aliphatic carbocycles. The zero-order valence-electron chi connectivity index (χ0n) is 82.7. The van der Waals surface area contributed by atoms with Gasteiger partial charge in [-0.15, -0.1) is 0 Å². The second kappa shape index (κ2) is 63.3. The van der Waals surface area contributed by atoms with Crippen molar-refractivity contribution in [1.29, 1.82) is 0 Å². The molecule has 0 fully saturated rings. The second-order valence-electron chi connectivity index (χ2n) is 35.4. The predicted molar refractivity (Wildman–Crippen MR) is 566 cm³/mol. The molecule has 14 rings (SSSR count). The normalized spacial score (nSPS) is 11.5. The number of unbranched alkanes of at least 4 members (excludes halogenated alkanes) is 21. The van der Waals surface area contributed by atoms with Gasteiger partial charge in [-0.25, -0.2) is 16.5 Å². The summed E-state index contributed by atoms with van der Waals surface area (Å²) in [6.07, 6.45) is 56.0. The lowest BCUT2D eigenvalue weighted by Crippen LogP contribution is -2.25. The molecule has 0 spiro atoms. The summed E-state index contributed by atoms with van der Waals surface area (Å²) in [6.45, 7) is 35.0. The van der Waals surface area contributed by atoms with Crippen molar-refractivity contribution >= 4 is 105 Å². The molecule has 0 saturated heterocycles. The van der Waals surface area contributed by atoms with E-state index >= 15 is 0 Å². The quantitative estimate of drug-likeness (QED) is 0.00585. The third-order valence-electron chi connectivity index (χ3n) is 24.4. The Labute approximate surface area is 813 Å². The van der Waals surface area contributed by atoms with Gasteiger partial charge in [-0.2, -0.15) is 0 Å². The predicted octanol–water partition coefficient (Wildman–Crippen LogP) is 29.3. The fraction of sp³-hybridized carbons (Fsp3) is 0.491. The van der Waals surface area contributed by atoms with Crippen LogP contribution in [0.2, 0.25) is 0 Å². The first-order chi connectivity index (χ1) is 66.3. The minimum Gasteiger partial charge on any atom is -0.494 e. The maximum absolute atomic E-state index is 12.8. The molecule has 20 nitrogen and oxygen atoms in total. The molecule has 8 aromatic heterocycles. The van der Waals surface area contributed by atoms with Crippen LogP contribution in [0.1, 0.15) is 310 Å². The summed E-state index contributed by atoms with van der Waals surface area (Å²) in [5.74, 6) is 3.81. The standard InChI is InChI=1S/C27H33N3O2.C20H30BrNO.C19H30N2O.C18H24N2O.C17H22N2O3.C13H18N2/c1-3-4-5-6-7-8-11-18-32-25-15-14-24-26(29-25)21(19-28-24)16-17-30-20(2)22-12-9-10-13-23(22)27(30)31;1-2-10-17-16-22-20-12-11-18(15-19(17)20)23-14-9-7-5-3-4-6-8-13-21;1-3-5-6-7-8-9-10-14-22-18-13-12-17-19(21-18)16(11-4-2)15-20-17;1-3-8-15-14-20-18-10-9-16(13-17(15)18)21-12-7-5-4-6-11-19-2;1-3-5-17(21)22-13-6-7-15-14(10-13)12(11-19-15)8-9-18-16(20)4-2;1-2-8-14-9-7-11-10-15-13-6-4-3-5-12(11)13/h9-10,12-15,19,28H,2-8,11,16-18H2,1H3;11-12,15-16,22H,2-10,13-14H2,1H3;12-13,15,20H,3-11,14H2,1-2H3;9-10,13-14,20H,3-8,11-12H2,1H3;6-7,10-11,19H,3-5,8-9H2,1-2H3,(H,18,20);3-6,10,14-15H,2,7-9H2,1H3. The highest BCUT2D eigenvalue weighted by atomic mass is 79.9. The van der Waals surface area contributed by atoms with Crippen molar-refractivity contribution in [3.8, 4) is 29.0 Å². The number of ether oxygens (including phenoxy) is 5. The van der Waals surface area contributed by atoms with Crippen LogP contribution in [-0.4, -0.2) is 127 Å². The number of amides is 2. The number of esters is 1. The van der Waals surface area contributed by atoms with E-state index in [0.717, 1.165) is 213 Å². The van der Waals surface area contributed by atoms with Crippen molar-refractivity contribution in [2.75, 3.05) is 64.5 Å². The van der Waals surface area contributed by atoms with Gasteiger partial charge in [-0.05, 0) is 222 Å². The largest absolute Gasteiger partial charge is 0.494 e. The number of aryl methyl sites for hydroxylation is 3. The molecule has 8 N–H and O–H groups in total. The third-order valence-corrected chi connectivity index (χ3v) is 25.0. The maximum atomic E-state index is 12.8. The second-order valence-corrected chi connectivity index (χ2v) is 36.2. The van der Waals surface area contributed by atoms with E-state index in [1.807, 2.05) is 86.9 Å². The lowest BCUT2D eigenvalue weighted by atomic mass is 10.1. The first-order valence-corrected chi connectivity index (χ1v) is 52.4. The van der Waals surface area contributed by atoms with E-state index < -0.39 is 0 Å². The Balaban J connectivity index is 0.000000184. The molecule has 13 aromatic rings. The van der Waals surface area contributed by atoms with Crippen LogP contribution in [0.5, 0.6) is 29.0 Å². The number of carbonyl (C=O) groups is 3. The van der Waals surface area contributed by atoms with Crippen molar-refractivity contribution in [1.82, 2.24) is 55.4 Å². The average molecular weight is 1900 g/mol. The highest BCUT2D eigenvalue weighted by molar-refractivity contribution is 9.09. The van der Waals surface area contributed by atoms with Crippen LogP contribution in [0.4, 0.5) is 0 Å². The van der Waals surface area contributed by atoms with Gasteiger partial charge in [0, 0.05) is 147 Å². The van der Waals surface area contributed by atoms with E-state index in [-0.39, 0.29) is 17.8 Å². The Morgan fingerprint density at radius 2 is 0.807 bits per heavy atom. The summed E-state index contributed by atoms with van der Waals surface area (Å²) < 4.78 is 28.9. The van der Waals surface area contributed by atoms with Crippen LogP contribution in [0, 0.1) is 6.57 Å². The molecule has 0 radical (unpaired) electrons. The molecule has 21 heteroatoms. The molecule has 0 bridgehead atoms. The number of H-pyrrole nitrogens is 6. The van der Waals surface area contributed by atoms with Crippen molar-refractivity contribution in [3.05, 3.63) is 227 Å². The highest BCUT2D eigenvalue weighted by Gasteiger charge is 2.30. The van der Waals surface area contributed by atoms with Gasteiger partial charge in [0.2, 0.25) is 24.2 Å². The molecular formula is C114H157BrN12O8. The van der Waals surface area contributed by atoms with Crippen LogP contribution in [-0.2, 0) is 48.1 Å². The van der Waals surface area contributed by atoms with Crippen LogP contribution in [0.25, 0.3) is 76.2 Å². The zero-order valence-corrected chi connectivity index (χ0v) is 84.3. The van der Waals surface area contributed by atoms with E-state index in [2.05, 4.69) is 200 Å². The molecule has 1 aliphatic rings. The van der Waals surface area contributed by atoms with Crippen LogP contribution in [0.15, 0.2) is 171 Å². The number of aromatic amines is 6. The number of aromatic nitrogens is 8. The number of carbonyl (C=O) groups excluding carboxylic acids is 3. The van der Waals surface area contributed by atoms with Crippen LogP contribution >= 0.6 is 15.9 Å². The summed E-state index contributed by atoms with van der Waals surface area (Å²) >= 11 is 3.48. The number of alkyl halides is 1. The van der Waals surface area contributed by atoms with E-state index in [1.54, 1.807) is 11.0 Å². The molecule has 0 atom stereocenters. The van der Waals surface area contributed by atoms with Crippen LogP contribution < -0.4 is 34.3 Å². The first-order valence-electron chi connectivity index (χ1n) is 51.3. The molecule has 5 aromatic carbocycles. The van der Waals surface area contributed by atoms with E-state index in [1.165, 1.54) is 183 Å². The van der Waals surface area contributed by atoms with Crippen molar-refractivity contribution in [3.63, 3.8) is 0 Å². The number of nitrogens with one attached hydrogen (secondary N) is 8. The Kier molecular flexibility index (Phi) is 50.4. The SMILES string of the molecule is C=C1c2ccccc2C(=O)N1CCc1c[nH]c2ccc(OCCCCCCCCC)nc12.CCCC(=O)Oc1ccc2[nH]cc(CCNC(=O)CC)c2c1.CCCCCCCCCOc1ccc2[nH]cc(CCC)c2n1.CCCNCCc1c[nH]c2ccccc12.CCCc1c[nH]c2ccc(OCCCCCCCCCBr)cc12.[C-]#[N+]CCCCCCOc1ccc2[nH]cc(CCC)c2c1. The molecule has 1 aliphatic heterocycles. The van der Waals surface area contributed by atoms with E-state index in [0.29, 0.717) is 57.1 Å².